The molecule has 39 valence electrons. The van der Waals surface area contributed by atoms with E-state index in [2.05, 4.69) is 12.7 Å². The zero-order valence-corrected chi connectivity index (χ0v) is 8.66. The molecule has 0 aromatic heterocycles. The Labute approximate surface area is 88.5 Å². The Kier molecular flexibility index (Phi) is 17.2. The first-order valence-corrected chi connectivity index (χ1v) is 2.71. The average molecular weight is 127 g/mol. The van der Waals surface area contributed by atoms with E-state index < -0.39 is 0 Å². The molecular weight excluding hydrogens is 113 g/mol. The Bertz CT molecular complexity index is 20.0. The molecule has 0 amide bonds. The molecule has 0 unspecified atom stereocenters. The van der Waals surface area contributed by atoms with E-state index in [0.29, 0.717) is 0 Å². The Morgan fingerprint density at radius 3 is 2.00 bits per heavy atom. The van der Waals surface area contributed by atoms with Crippen LogP contribution in [0.15, 0.2) is 0 Å². The fourth-order valence-electron chi connectivity index (χ4n) is 0.427. The second-order valence-corrected chi connectivity index (χ2v) is 1.56. The Hall–Kier alpha value is 1.60. The number of hydrogen-bond donors (Lipinski definition) is 1. The van der Waals surface area contributed by atoms with E-state index in [-0.39, 0.29) is 51.4 Å². The standard InChI is InChI=1S/C5H13N.K/c1-2-3-4-5-6;/h2-6H2,1H3;/p+1. The maximum absolute atomic E-state index is 3.72. The molecule has 1 radical (unpaired) electrons. The van der Waals surface area contributed by atoms with E-state index in [0.717, 1.165) is 6.54 Å². The largest absolute Gasteiger partial charge is 0.358 e. The Morgan fingerprint density at radius 1 is 1.29 bits per heavy atom. The third-order valence-electron chi connectivity index (χ3n) is 0.854. The molecule has 3 N–H and O–H groups in total. The summed E-state index contributed by atoms with van der Waals surface area (Å²) in [6, 6.07) is 0. The van der Waals surface area contributed by atoms with Gasteiger partial charge in [0.2, 0.25) is 0 Å². The van der Waals surface area contributed by atoms with E-state index >= 15 is 0 Å². The van der Waals surface area contributed by atoms with E-state index in [1.165, 1.54) is 19.3 Å². The molecule has 0 saturated carbocycles. The third kappa shape index (κ3) is 11.3. The van der Waals surface area contributed by atoms with Gasteiger partial charge in [0.15, 0.2) is 0 Å². The van der Waals surface area contributed by atoms with E-state index in [9.17, 15) is 0 Å². The molecule has 0 saturated heterocycles. The average Bonchev–Trinajstić information content (AvgIpc) is 1.61. The molecule has 0 aliphatic rings. The molecule has 0 aromatic carbocycles. The molecule has 0 aliphatic heterocycles. The molecule has 0 rings (SSSR count). The van der Waals surface area contributed by atoms with Crippen molar-refractivity contribution in [1.82, 2.24) is 0 Å². The van der Waals surface area contributed by atoms with Crippen molar-refractivity contribution in [1.29, 1.82) is 0 Å². The minimum absolute atomic E-state index is 0. The van der Waals surface area contributed by atoms with Gasteiger partial charge in [0.1, 0.15) is 0 Å². The van der Waals surface area contributed by atoms with E-state index in [1.807, 2.05) is 0 Å². The number of quaternary nitrogens is 1. The van der Waals surface area contributed by atoms with Crippen molar-refractivity contribution in [3.63, 3.8) is 0 Å². The van der Waals surface area contributed by atoms with Crippen LogP contribution in [0.2, 0.25) is 0 Å². The molecule has 1 nitrogen and oxygen atoms in total. The second kappa shape index (κ2) is 10.6. The summed E-state index contributed by atoms with van der Waals surface area (Å²) < 4.78 is 0. The molecular formula is C5H14KN+. The van der Waals surface area contributed by atoms with Crippen LogP contribution < -0.4 is 5.73 Å². The predicted molar refractivity (Wildman–Crippen MR) is 33.0 cm³/mol. The first kappa shape index (κ1) is 11.4. The zero-order valence-electron chi connectivity index (χ0n) is 5.54. The van der Waals surface area contributed by atoms with Crippen LogP contribution in [0, 0.1) is 0 Å². The van der Waals surface area contributed by atoms with Gasteiger partial charge < -0.3 is 5.73 Å². The second-order valence-electron chi connectivity index (χ2n) is 1.56. The maximum atomic E-state index is 3.72. The summed E-state index contributed by atoms with van der Waals surface area (Å²) in [4.78, 5) is 0. The predicted octanol–water partition coefficient (Wildman–Crippen LogP) is 0.0377. The quantitative estimate of drug-likeness (QED) is 0.409. The maximum Gasteiger partial charge on any atom is 0.0739 e. The van der Waals surface area contributed by atoms with Crippen molar-refractivity contribution in [2.75, 3.05) is 6.54 Å². The van der Waals surface area contributed by atoms with Gasteiger partial charge in [-0.2, -0.15) is 0 Å². The smallest absolute Gasteiger partial charge is 0.0739 e. The van der Waals surface area contributed by atoms with Crippen LogP contribution in [0.4, 0.5) is 0 Å². The van der Waals surface area contributed by atoms with Crippen LogP contribution in [0.3, 0.4) is 0 Å². The molecule has 0 atom stereocenters. The van der Waals surface area contributed by atoms with Crippen molar-refractivity contribution in [2.24, 2.45) is 0 Å². The third-order valence-corrected chi connectivity index (χ3v) is 0.854. The van der Waals surface area contributed by atoms with Gasteiger partial charge in [-0.1, -0.05) is 13.3 Å². The fourth-order valence-corrected chi connectivity index (χ4v) is 0.427. The van der Waals surface area contributed by atoms with Gasteiger partial charge in [-0.05, 0) is 12.8 Å². The van der Waals surface area contributed by atoms with Gasteiger partial charge in [0, 0.05) is 51.4 Å². The summed E-state index contributed by atoms with van der Waals surface area (Å²) >= 11 is 0. The number of hydrogen-bond acceptors (Lipinski definition) is 0. The van der Waals surface area contributed by atoms with Crippen molar-refractivity contribution >= 4 is 51.4 Å². The van der Waals surface area contributed by atoms with Crippen molar-refractivity contribution < 1.29 is 5.73 Å². The minimum Gasteiger partial charge on any atom is -0.358 e. The first-order valence-electron chi connectivity index (χ1n) is 2.71. The summed E-state index contributed by atoms with van der Waals surface area (Å²) in [6.45, 7) is 3.31. The first-order chi connectivity index (χ1) is 2.91. The van der Waals surface area contributed by atoms with Gasteiger partial charge in [0.25, 0.3) is 0 Å². The molecule has 7 heavy (non-hydrogen) atoms. The van der Waals surface area contributed by atoms with Crippen molar-refractivity contribution in [3.8, 4) is 0 Å². The Balaban J connectivity index is 0. The topological polar surface area (TPSA) is 27.6 Å². The van der Waals surface area contributed by atoms with Gasteiger partial charge in [-0.25, -0.2) is 0 Å². The fraction of sp³-hybridized carbons (Fsp3) is 1.00. The molecule has 0 aromatic rings. The molecule has 0 bridgehead atoms. The zero-order chi connectivity index (χ0) is 4.83. The van der Waals surface area contributed by atoms with Crippen LogP contribution >= 0.6 is 0 Å². The molecule has 2 heteroatoms. The van der Waals surface area contributed by atoms with Crippen LogP contribution in [-0.2, 0) is 0 Å². The van der Waals surface area contributed by atoms with Gasteiger partial charge in [0.05, 0.1) is 6.54 Å². The summed E-state index contributed by atoms with van der Waals surface area (Å²) in [5, 5.41) is 0. The monoisotopic (exact) mass is 127 g/mol. The normalized spacial score (nSPS) is 7.71. The number of unbranched alkanes of at least 4 members (excludes halogenated alkanes) is 2. The number of rotatable bonds is 3. The molecule has 0 heterocycles. The van der Waals surface area contributed by atoms with Crippen molar-refractivity contribution in [3.05, 3.63) is 0 Å². The SMILES string of the molecule is CCCCC[NH3+].[K]. The van der Waals surface area contributed by atoms with Crippen LogP contribution in [0.5, 0.6) is 0 Å². The van der Waals surface area contributed by atoms with E-state index in [1.54, 1.807) is 0 Å². The van der Waals surface area contributed by atoms with Gasteiger partial charge in [-0.15, -0.1) is 0 Å². The van der Waals surface area contributed by atoms with Gasteiger partial charge in [-0.3, -0.25) is 0 Å². The van der Waals surface area contributed by atoms with Crippen molar-refractivity contribution in [2.45, 2.75) is 26.2 Å². The van der Waals surface area contributed by atoms with Crippen LogP contribution in [0.1, 0.15) is 26.2 Å². The molecule has 0 aliphatic carbocycles. The molecule has 0 fully saturated rings. The van der Waals surface area contributed by atoms with E-state index in [4.69, 9.17) is 0 Å². The van der Waals surface area contributed by atoms with Crippen LogP contribution in [0.25, 0.3) is 0 Å². The summed E-state index contributed by atoms with van der Waals surface area (Å²) in [6.07, 6.45) is 3.97. The van der Waals surface area contributed by atoms with Gasteiger partial charge >= 0.3 is 0 Å². The van der Waals surface area contributed by atoms with Crippen LogP contribution in [-0.4, -0.2) is 57.9 Å². The molecule has 0 spiro atoms. The summed E-state index contributed by atoms with van der Waals surface area (Å²) in [5.41, 5.74) is 3.72. The summed E-state index contributed by atoms with van der Waals surface area (Å²) in [5.74, 6) is 0. The Morgan fingerprint density at radius 2 is 1.86 bits per heavy atom. The minimum atomic E-state index is 0. The summed E-state index contributed by atoms with van der Waals surface area (Å²) in [7, 11) is 0.